The van der Waals surface area contributed by atoms with E-state index in [4.69, 9.17) is 14.2 Å². The third-order valence-corrected chi connectivity index (χ3v) is 6.49. The Balaban J connectivity index is 1.91. The van der Waals surface area contributed by atoms with Gasteiger partial charge in [-0.05, 0) is 37.8 Å². The summed E-state index contributed by atoms with van der Waals surface area (Å²) in [5.41, 5.74) is 0.888. The Morgan fingerprint density at radius 1 is 1.18 bits per heavy atom. The minimum absolute atomic E-state index is 0.0307. The first-order valence-electron chi connectivity index (χ1n) is 11.9. The molecule has 1 aliphatic heterocycles. The van der Waals surface area contributed by atoms with E-state index in [0.29, 0.717) is 42.4 Å². The van der Waals surface area contributed by atoms with Crippen LogP contribution in [0.4, 0.5) is 5.69 Å². The number of amides is 3. The van der Waals surface area contributed by atoms with Crippen molar-refractivity contribution in [3.05, 3.63) is 23.8 Å². The number of rotatable bonds is 6. The first kappa shape index (κ1) is 26.0. The van der Waals surface area contributed by atoms with E-state index in [1.54, 1.807) is 37.3 Å². The zero-order valence-electron chi connectivity index (χ0n) is 20.8. The van der Waals surface area contributed by atoms with Crippen molar-refractivity contribution in [2.45, 2.75) is 45.3 Å². The zero-order valence-corrected chi connectivity index (χ0v) is 20.8. The van der Waals surface area contributed by atoms with E-state index in [1.807, 2.05) is 18.7 Å². The third-order valence-electron chi connectivity index (χ3n) is 6.49. The molecule has 1 N–H and O–H groups in total. The van der Waals surface area contributed by atoms with Crippen molar-refractivity contribution < 1.29 is 28.6 Å². The summed E-state index contributed by atoms with van der Waals surface area (Å²) in [5, 5.41) is 2.74. The first-order chi connectivity index (χ1) is 16.2. The van der Waals surface area contributed by atoms with E-state index in [-0.39, 0.29) is 49.0 Å². The number of nitrogens with zero attached hydrogens (tertiary/aromatic N) is 2. The maximum absolute atomic E-state index is 13.3. The number of benzene rings is 1. The molecule has 0 radical (unpaired) electrons. The summed E-state index contributed by atoms with van der Waals surface area (Å²) in [5.74, 6) is 0.496. The lowest BCUT2D eigenvalue weighted by Gasteiger charge is -2.36. The summed E-state index contributed by atoms with van der Waals surface area (Å²) in [7, 11) is 4.81. The van der Waals surface area contributed by atoms with Crippen LogP contribution in [-0.4, -0.2) is 87.2 Å². The molecule has 3 atom stereocenters. The Bertz CT molecular complexity index is 887. The molecule has 9 heteroatoms. The second kappa shape index (κ2) is 11.7. The predicted octanol–water partition coefficient (Wildman–Crippen LogP) is 2.40. The van der Waals surface area contributed by atoms with Crippen LogP contribution in [0.2, 0.25) is 0 Å². The van der Waals surface area contributed by atoms with Crippen LogP contribution in [0.1, 0.15) is 43.5 Å². The maximum atomic E-state index is 13.3. The molecule has 34 heavy (non-hydrogen) atoms. The average Bonchev–Trinajstić information content (AvgIpc) is 3.62. The van der Waals surface area contributed by atoms with E-state index in [9.17, 15) is 14.4 Å². The summed E-state index contributed by atoms with van der Waals surface area (Å²) in [6.07, 6.45) is 2.55. The van der Waals surface area contributed by atoms with Crippen molar-refractivity contribution in [3.63, 3.8) is 0 Å². The fourth-order valence-corrected chi connectivity index (χ4v) is 4.21. The fourth-order valence-electron chi connectivity index (χ4n) is 4.21. The van der Waals surface area contributed by atoms with Crippen LogP contribution >= 0.6 is 0 Å². The normalized spacial score (nSPS) is 23.9. The van der Waals surface area contributed by atoms with E-state index in [2.05, 4.69) is 5.32 Å². The Kier molecular flexibility index (Phi) is 8.90. The third kappa shape index (κ3) is 6.70. The van der Waals surface area contributed by atoms with Crippen LogP contribution in [0.15, 0.2) is 18.2 Å². The second-order valence-electron chi connectivity index (χ2n) is 9.48. The van der Waals surface area contributed by atoms with Crippen molar-refractivity contribution in [2.24, 2.45) is 11.8 Å². The SMILES string of the molecule is COCC(=O)Nc1ccc2c(c1)OC[C@@H](C)N(C(=O)CC1CC1)C[C@@H](C)[C@@H](OC)CN(C)C2=O. The molecule has 3 amide bonds. The second-order valence-corrected chi connectivity index (χ2v) is 9.48. The zero-order chi connectivity index (χ0) is 24.8. The highest BCUT2D eigenvalue weighted by Crippen LogP contribution is 2.33. The molecule has 1 saturated carbocycles. The van der Waals surface area contributed by atoms with E-state index in [1.165, 1.54) is 7.11 Å². The van der Waals surface area contributed by atoms with Gasteiger partial charge in [0.15, 0.2) is 0 Å². The van der Waals surface area contributed by atoms with Crippen LogP contribution in [0, 0.1) is 11.8 Å². The number of hydrogen-bond donors (Lipinski definition) is 1. The van der Waals surface area contributed by atoms with Gasteiger partial charge in [0, 0.05) is 58.4 Å². The van der Waals surface area contributed by atoms with Gasteiger partial charge < -0.3 is 29.3 Å². The predicted molar refractivity (Wildman–Crippen MR) is 128 cm³/mol. The maximum Gasteiger partial charge on any atom is 0.257 e. The van der Waals surface area contributed by atoms with Crippen molar-refractivity contribution in [3.8, 4) is 5.75 Å². The van der Waals surface area contributed by atoms with Gasteiger partial charge in [-0.1, -0.05) is 6.92 Å². The minimum atomic E-state index is -0.304. The number of ether oxygens (including phenoxy) is 3. The molecule has 188 valence electrons. The summed E-state index contributed by atoms with van der Waals surface area (Å²) < 4.78 is 16.7. The van der Waals surface area contributed by atoms with Crippen LogP contribution in [0.3, 0.4) is 0 Å². The first-order valence-corrected chi connectivity index (χ1v) is 11.9. The molecule has 1 heterocycles. The molecule has 3 rings (SSSR count). The van der Waals surface area contributed by atoms with Crippen molar-refractivity contribution >= 4 is 23.4 Å². The van der Waals surface area contributed by atoms with Crippen molar-refractivity contribution in [2.75, 3.05) is 52.9 Å². The topological polar surface area (TPSA) is 97.4 Å². The minimum Gasteiger partial charge on any atom is -0.491 e. The van der Waals surface area contributed by atoms with E-state index >= 15 is 0 Å². The molecule has 1 aromatic carbocycles. The van der Waals surface area contributed by atoms with Crippen molar-refractivity contribution in [1.29, 1.82) is 0 Å². The number of likely N-dealkylation sites (N-methyl/N-ethyl adjacent to an activating group) is 1. The van der Waals surface area contributed by atoms with Gasteiger partial charge in [-0.3, -0.25) is 14.4 Å². The number of methoxy groups -OCH3 is 2. The molecule has 0 bridgehead atoms. The molecule has 1 aliphatic carbocycles. The molecule has 0 spiro atoms. The Morgan fingerprint density at radius 2 is 1.91 bits per heavy atom. The number of anilines is 1. The number of carbonyl (C=O) groups excluding carboxylic acids is 3. The molecule has 9 nitrogen and oxygen atoms in total. The summed E-state index contributed by atoms with van der Waals surface area (Å²) in [4.78, 5) is 41.8. The number of hydrogen-bond acceptors (Lipinski definition) is 6. The van der Waals surface area contributed by atoms with Crippen LogP contribution < -0.4 is 10.1 Å². The average molecular weight is 476 g/mol. The van der Waals surface area contributed by atoms with Gasteiger partial charge in [-0.2, -0.15) is 0 Å². The van der Waals surface area contributed by atoms with Gasteiger partial charge in [-0.15, -0.1) is 0 Å². The lowest BCUT2D eigenvalue weighted by Crippen LogP contribution is -2.48. The highest BCUT2D eigenvalue weighted by Gasteiger charge is 2.33. The molecular weight excluding hydrogens is 438 g/mol. The molecule has 1 fully saturated rings. The van der Waals surface area contributed by atoms with Gasteiger partial charge in [0.1, 0.15) is 19.0 Å². The number of fused-ring (bicyclic) bond motifs is 1. The molecule has 0 aromatic heterocycles. The quantitative estimate of drug-likeness (QED) is 0.679. The van der Waals surface area contributed by atoms with Crippen LogP contribution in [0.5, 0.6) is 5.75 Å². The van der Waals surface area contributed by atoms with E-state index in [0.717, 1.165) is 12.8 Å². The molecule has 0 saturated heterocycles. The Hall–Kier alpha value is -2.65. The molecular formula is C25H37N3O6. The van der Waals surface area contributed by atoms with Gasteiger partial charge in [0.05, 0.1) is 17.7 Å². The molecule has 2 aliphatic rings. The lowest BCUT2D eigenvalue weighted by molar-refractivity contribution is -0.135. The van der Waals surface area contributed by atoms with Crippen LogP contribution in [0.25, 0.3) is 0 Å². The number of nitrogens with one attached hydrogen (secondary N) is 1. The summed E-state index contributed by atoms with van der Waals surface area (Å²) in [6, 6.07) is 4.75. The lowest BCUT2D eigenvalue weighted by atomic mass is 10.0. The molecule has 1 aromatic rings. The standard InChI is InChI=1S/C25H37N3O6/c1-16-12-28(24(30)10-18-6-7-18)17(2)14-34-21-11-19(26-23(29)15-32-4)8-9-20(21)25(31)27(3)13-22(16)33-5/h8-9,11,16-18,22H,6-7,10,12-15H2,1-5H3,(H,26,29)/t16-,17-,22+/m1/s1. The smallest absolute Gasteiger partial charge is 0.257 e. The monoisotopic (exact) mass is 475 g/mol. The van der Waals surface area contributed by atoms with Gasteiger partial charge in [0.2, 0.25) is 11.8 Å². The van der Waals surface area contributed by atoms with Crippen molar-refractivity contribution in [1.82, 2.24) is 9.80 Å². The highest BCUT2D eigenvalue weighted by atomic mass is 16.5. The largest absolute Gasteiger partial charge is 0.491 e. The number of carbonyl (C=O) groups is 3. The van der Waals surface area contributed by atoms with E-state index < -0.39 is 0 Å². The highest BCUT2D eigenvalue weighted by molar-refractivity contribution is 5.98. The van der Waals surface area contributed by atoms with Gasteiger partial charge in [-0.25, -0.2) is 0 Å². The van der Waals surface area contributed by atoms with Crippen LogP contribution in [-0.2, 0) is 19.1 Å². The summed E-state index contributed by atoms with van der Waals surface area (Å²) >= 11 is 0. The fraction of sp³-hybridized carbons (Fsp3) is 0.640. The Morgan fingerprint density at radius 3 is 2.56 bits per heavy atom. The Labute approximate surface area is 201 Å². The van der Waals surface area contributed by atoms with Gasteiger partial charge in [0.25, 0.3) is 5.91 Å². The summed E-state index contributed by atoms with van der Waals surface area (Å²) in [6.45, 7) is 5.05. The van der Waals surface area contributed by atoms with Gasteiger partial charge >= 0.3 is 0 Å². The molecule has 0 unspecified atom stereocenters.